The zero-order valence-corrected chi connectivity index (χ0v) is 17.6. The van der Waals surface area contributed by atoms with E-state index in [1.807, 2.05) is 42.5 Å². The van der Waals surface area contributed by atoms with Crippen LogP contribution < -0.4 is 11.1 Å². The first-order valence-electron chi connectivity index (χ1n) is 7.83. The van der Waals surface area contributed by atoms with E-state index in [0.29, 0.717) is 21.2 Å². The summed E-state index contributed by atoms with van der Waals surface area (Å²) < 4.78 is 7.34. The molecule has 2 aromatic carbocycles. The number of hydrogen-bond acceptors (Lipinski definition) is 6. The molecule has 5 nitrogen and oxygen atoms in total. The summed E-state index contributed by atoms with van der Waals surface area (Å²) in [6.07, 6.45) is 3.34. The summed E-state index contributed by atoms with van der Waals surface area (Å²) in [6, 6.07) is 15.1. The number of anilines is 1. The second-order valence-corrected chi connectivity index (χ2v) is 8.44. The van der Waals surface area contributed by atoms with E-state index >= 15 is 0 Å². The maximum absolute atomic E-state index is 12.3. The van der Waals surface area contributed by atoms with Gasteiger partial charge in [0.15, 0.2) is 0 Å². The lowest BCUT2D eigenvalue weighted by Crippen LogP contribution is -2.01. The Morgan fingerprint density at radius 3 is 2.67 bits per heavy atom. The summed E-state index contributed by atoms with van der Waals surface area (Å²) in [6.45, 7) is 0. The SMILES string of the molecule is O=c1oc2ccc(Br)cc2cc1-c1cnc(N/N=C/c2ccc(Br)cc2)s1. The summed E-state index contributed by atoms with van der Waals surface area (Å²) in [5.74, 6) is 0. The summed E-state index contributed by atoms with van der Waals surface area (Å²) in [5.41, 5.74) is 4.48. The average molecular weight is 505 g/mol. The number of nitrogens with zero attached hydrogens (tertiary/aromatic N) is 2. The van der Waals surface area contributed by atoms with Crippen LogP contribution in [0.25, 0.3) is 21.4 Å². The highest BCUT2D eigenvalue weighted by Crippen LogP contribution is 2.29. The Morgan fingerprint density at radius 2 is 1.85 bits per heavy atom. The van der Waals surface area contributed by atoms with Crippen molar-refractivity contribution in [1.82, 2.24) is 4.98 Å². The van der Waals surface area contributed by atoms with E-state index in [-0.39, 0.29) is 0 Å². The van der Waals surface area contributed by atoms with Gasteiger partial charge in [-0.2, -0.15) is 5.10 Å². The van der Waals surface area contributed by atoms with Gasteiger partial charge in [-0.3, -0.25) is 5.43 Å². The molecule has 0 amide bonds. The first-order chi connectivity index (χ1) is 13.1. The molecule has 8 heteroatoms. The normalized spacial score (nSPS) is 11.3. The highest BCUT2D eigenvalue weighted by Gasteiger charge is 2.11. The van der Waals surface area contributed by atoms with Crippen LogP contribution in [-0.2, 0) is 0 Å². The van der Waals surface area contributed by atoms with Gasteiger partial charge < -0.3 is 4.42 Å². The molecular weight excluding hydrogens is 494 g/mol. The topological polar surface area (TPSA) is 67.5 Å². The second-order valence-electron chi connectivity index (χ2n) is 5.58. The van der Waals surface area contributed by atoms with Crippen LogP contribution in [0, 0.1) is 0 Å². The van der Waals surface area contributed by atoms with Gasteiger partial charge in [-0.05, 0) is 42.0 Å². The van der Waals surface area contributed by atoms with Gasteiger partial charge >= 0.3 is 5.63 Å². The van der Waals surface area contributed by atoms with Crippen LogP contribution >= 0.6 is 43.2 Å². The Bertz CT molecular complexity index is 1200. The molecular formula is C19H11Br2N3O2S. The van der Waals surface area contributed by atoms with Gasteiger partial charge in [0, 0.05) is 20.5 Å². The van der Waals surface area contributed by atoms with Crippen molar-refractivity contribution in [1.29, 1.82) is 0 Å². The molecule has 0 fully saturated rings. The molecule has 27 heavy (non-hydrogen) atoms. The number of nitrogens with one attached hydrogen (secondary N) is 1. The van der Waals surface area contributed by atoms with Gasteiger partial charge in [0.25, 0.3) is 0 Å². The summed E-state index contributed by atoms with van der Waals surface area (Å²) >= 11 is 8.16. The Kier molecular flexibility index (Phi) is 5.20. The van der Waals surface area contributed by atoms with Gasteiger partial charge in [0.1, 0.15) is 5.58 Å². The Balaban J connectivity index is 1.57. The number of hydrogen-bond donors (Lipinski definition) is 1. The fraction of sp³-hybridized carbons (Fsp3) is 0. The van der Waals surface area contributed by atoms with Crippen molar-refractivity contribution in [3.63, 3.8) is 0 Å². The van der Waals surface area contributed by atoms with Gasteiger partial charge in [-0.25, -0.2) is 9.78 Å². The summed E-state index contributed by atoms with van der Waals surface area (Å²) in [4.78, 5) is 17.3. The number of thiazole rings is 1. The molecule has 0 radical (unpaired) electrons. The van der Waals surface area contributed by atoms with Crippen molar-refractivity contribution in [2.24, 2.45) is 5.10 Å². The van der Waals surface area contributed by atoms with Crippen LogP contribution in [0.1, 0.15) is 5.56 Å². The quantitative estimate of drug-likeness (QED) is 0.214. The van der Waals surface area contributed by atoms with E-state index in [1.165, 1.54) is 11.3 Å². The third-order valence-corrected chi connectivity index (χ3v) is 5.67. The predicted octanol–water partition coefficient (Wildman–Crippen LogP) is 5.89. The number of benzene rings is 2. The molecule has 2 heterocycles. The monoisotopic (exact) mass is 503 g/mol. The molecule has 0 spiro atoms. The third-order valence-electron chi connectivity index (χ3n) is 3.71. The molecule has 0 aliphatic heterocycles. The lowest BCUT2D eigenvalue weighted by molar-refractivity contribution is 0.563. The third kappa shape index (κ3) is 4.18. The van der Waals surface area contributed by atoms with Crippen LogP contribution in [0.15, 0.2) is 78.0 Å². The van der Waals surface area contributed by atoms with E-state index in [0.717, 1.165) is 19.9 Å². The molecule has 0 saturated heterocycles. The molecule has 134 valence electrons. The maximum Gasteiger partial charge on any atom is 0.345 e. The predicted molar refractivity (Wildman–Crippen MR) is 117 cm³/mol. The van der Waals surface area contributed by atoms with Crippen LogP contribution in [-0.4, -0.2) is 11.2 Å². The van der Waals surface area contributed by atoms with E-state index in [2.05, 4.69) is 47.4 Å². The highest BCUT2D eigenvalue weighted by atomic mass is 79.9. The van der Waals surface area contributed by atoms with Crippen molar-refractivity contribution in [2.45, 2.75) is 0 Å². The number of halogens is 2. The van der Waals surface area contributed by atoms with Crippen molar-refractivity contribution < 1.29 is 4.42 Å². The lowest BCUT2D eigenvalue weighted by Gasteiger charge is -2.00. The minimum atomic E-state index is -0.390. The average Bonchev–Trinajstić information content (AvgIpc) is 3.12. The number of rotatable bonds is 4. The van der Waals surface area contributed by atoms with Crippen molar-refractivity contribution in [3.8, 4) is 10.4 Å². The molecule has 0 aliphatic carbocycles. The Morgan fingerprint density at radius 1 is 1.07 bits per heavy atom. The molecule has 0 bridgehead atoms. The first-order valence-corrected chi connectivity index (χ1v) is 10.2. The van der Waals surface area contributed by atoms with Gasteiger partial charge in [0.2, 0.25) is 5.13 Å². The van der Waals surface area contributed by atoms with Crippen molar-refractivity contribution in [2.75, 3.05) is 5.43 Å². The standard InChI is InChI=1S/C19H11Br2N3O2S/c20-13-3-1-11(2-4-13)9-23-24-19-22-10-17(27-19)15-8-12-7-14(21)5-6-16(12)26-18(15)25/h1-10H,(H,22,24)/b23-9+. The molecule has 2 aromatic heterocycles. The zero-order valence-electron chi connectivity index (χ0n) is 13.6. The van der Waals surface area contributed by atoms with Crippen LogP contribution in [0.3, 0.4) is 0 Å². The molecule has 4 aromatic rings. The minimum absolute atomic E-state index is 0.390. The second kappa shape index (κ2) is 7.75. The fourth-order valence-electron chi connectivity index (χ4n) is 2.43. The first kappa shape index (κ1) is 18.1. The Hall–Kier alpha value is -2.29. The molecule has 0 unspecified atom stereocenters. The number of hydrazone groups is 1. The zero-order chi connectivity index (χ0) is 18.8. The van der Waals surface area contributed by atoms with E-state index in [9.17, 15) is 4.79 Å². The van der Waals surface area contributed by atoms with Crippen molar-refractivity contribution in [3.05, 3.63) is 79.7 Å². The summed E-state index contributed by atoms with van der Waals surface area (Å²) in [5, 5.41) is 5.61. The summed E-state index contributed by atoms with van der Waals surface area (Å²) in [7, 11) is 0. The molecule has 1 N–H and O–H groups in total. The van der Waals surface area contributed by atoms with Crippen LogP contribution in [0.2, 0.25) is 0 Å². The fourth-order valence-corrected chi connectivity index (χ4v) is 3.84. The largest absolute Gasteiger partial charge is 0.422 e. The van der Waals surface area contributed by atoms with Crippen LogP contribution in [0.5, 0.6) is 0 Å². The number of aromatic nitrogens is 1. The van der Waals surface area contributed by atoms with E-state index in [4.69, 9.17) is 4.42 Å². The van der Waals surface area contributed by atoms with E-state index in [1.54, 1.807) is 18.5 Å². The molecule has 0 aliphatic rings. The van der Waals surface area contributed by atoms with Crippen LogP contribution in [0.4, 0.5) is 5.13 Å². The van der Waals surface area contributed by atoms with E-state index < -0.39 is 5.63 Å². The lowest BCUT2D eigenvalue weighted by atomic mass is 10.2. The highest BCUT2D eigenvalue weighted by molar-refractivity contribution is 9.10. The van der Waals surface area contributed by atoms with Gasteiger partial charge in [0.05, 0.1) is 16.7 Å². The molecule has 4 rings (SSSR count). The number of fused-ring (bicyclic) bond motifs is 1. The van der Waals surface area contributed by atoms with Gasteiger partial charge in [-0.1, -0.05) is 55.3 Å². The van der Waals surface area contributed by atoms with Crippen molar-refractivity contribution >= 4 is 65.5 Å². The molecule has 0 saturated carbocycles. The smallest absolute Gasteiger partial charge is 0.345 e. The minimum Gasteiger partial charge on any atom is -0.422 e. The Labute approximate surface area is 175 Å². The molecule has 0 atom stereocenters. The van der Waals surface area contributed by atoms with Gasteiger partial charge in [-0.15, -0.1) is 0 Å². The maximum atomic E-state index is 12.3.